The Hall–Kier alpha value is -1.88. The van der Waals surface area contributed by atoms with E-state index in [9.17, 15) is 9.59 Å². The summed E-state index contributed by atoms with van der Waals surface area (Å²) in [5.74, 6) is -0.570. The van der Waals surface area contributed by atoms with Crippen LogP contribution in [0.2, 0.25) is 0 Å². The number of benzene rings is 1. The summed E-state index contributed by atoms with van der Waals surface area (Å²) < 4.78 is 9.91. The lowest BCUT2D eigenvalue weighted by molar-refractivity contribution is -0.833. The molecule has 5 nitrogen and oxygen atoms in total. The van der Waals surface area contributed by atoms with E-state index in [1.165, 1.54) is 13.8 Å². The van der Waals surface area contributed by atoms with Crippen LogP contribution < -0.4 is 4.90 Å². The molecule has 0 aromatic heterocycles. The normalized spacial score (nSPS) is 10.3. The molecule has 1 aromatic carbocycles. The number of carbonyl (C=O) groups excluding carboxylic acids is 2. The van der Waals surface area contributed by atoms with Gasteiger partial charge < -0.3 is 9.47 Å². The summed E-state index contributed by atoms with van der Waals surface area (Å²) in [7, 11) is 0. The van der Waals surface area contributed by atoms with Gasteiger partial charge in [0.05, 0.1) is 0 Å². The molecule has 5 heteroatoms. The largest absolute Gasteiger partial charge is 0.460 e. The smallest absolute Gasteiger partial charge is 0.302 e. The molecule has 0 fully saturated rings. The van der Waals surface area contributed by atoms with Gasteiger partial charge in [-0.3, -0.25) is 14.5 Å². The van der Waals surface area contributed by atoms with Crippen LogP contribution in [0.1, 0.15) is 13.8 Å². The molecule has 0 spiro atoms. The molecule has 0 aliphatic rings. The van der Waals surface area contributed by atoms with Gasteiger partial charge in [-0.25, -0.2) is 0 Å². The summed E-state index contributed by atoms with van der Waals surface area (Å²) in [5, 5.41) is 0. The molecule has 1 N–H and O–H groups in total. The molecule has 0 aliphatic carbocycles. The zero-order valence-corrected chi connectivity index (χ0v) is 11.3. The van der Waals surface area contributed by atoms with E-state index in [1.54, 1.807) is 0 Å². The molecule has 0 heterocycles. The van der Waals surface area contributed by atoms with Crippen LogP contribution in [-0.4, -0.2) is 38.2 Å². The van der Waals surface area contributed by atoms with Gasteiger partial charge in [-0.2, -0.15) is 0 Å². The van der Waals surface area contributed by atoms with Gasteiger partial charge in [0.1, 0.15) is 32.0 Å². The second kappa shape index (κ2) is 8.26. The number of rotatable bonds is 7. The van der Waals surface area contributed by atoms with E-state index in [4.69, 9.17) is 9.47 Å². The van der Waals surface area contributed by atoms with Gasteiger partial charge in [0.25, 0.3) is 0 Å². The number of para-hydroxylation sites is 1. The van der Waals surface area contributed by atoms with Crippen LogP contribution >= 0.6 is 0 Å². The number of hydrogen-bond acceptors (Lipinski definition) is 4. The van der Waals surface area contributed by atoms with Gasteiger partial charge in [-0.1, -0.05) is 18.2 Å². The van der Waals surface area contributed by atoms with Crippen LogP contribution in [-0.2, 0) is 19.1 Å². The van der Waals surface area contributed by atoms with Crippen molar-refractivity contribution >= 4 is 17.6 Å². The lowest BCUT2D eigenvalue weighted by atomic mass is 10.3. The number of carbonyl (C=O) groups is 2. The van der Waals surface area contributed by atoms with E-state index in [-0.39, 0.29) is 11.9 Å². The molecule has 1 rings (SSSR count). The van der Waals surface area contributed by atoms with Gasteiger partial charge in [0.2, 0.25) is 0 Å². The molecule has 0 saturated carbocycles. The first-order valence-corrected chi connectivity index (χ1v) is 6.26. The van der Waals surface area contributed by atoms with Crippen molar-refractivity contribution in [2.24, 2.45) is 0 Å². The highest BCUT2D eigenvalue weighted by Crippen LogP contribution is 1.98. The molecule has 0 radical (unpaired) electrons. The first-order valence-electron chi connectivity index (χ1n) is 6.26. The van der Waals surface area contributed by atoms with Crippen LogP contribution in [0.15, 0.2) is 30.3 Å². The minimum atomic E-state index is -0.285. The maximum Gasteiger partial charge on any atom is 0.302 e. The second-order valence-corrected chi connectivity index (χ2v) is 4.15. The fourth-order valence-electron chi connectivity index (χ4n) is 1.72. The molecule has 104 valence electrons. The number of quaternary nitrogens is 1. The first-order chi connectivity index (χ1) is 9.09. The topological polar surface area (TPSA) is 57.0 Å². The third-order valence-electron chi connectivity index (χ3n) is 2.60. The number of esters is 2. The fraction of sp³-hybridized carbons (Fsp3) is 0.429. The Labute approximate surface area is 113 Å². The van der Waals surface area contributed by atoms with Gasteiger partial charge in [-0.15, -0.1) is 0 Å². The maximum absolute atomic E-state index is 10.8. The zero-order valence-electron chi connectivity index (χ0n) is 11.3. The van der Waals surface area contributed by atoms with Crippen molar-refractivity contribution in [3.63, 3.8) is 0 Å². The lowest BCUT2D eigenvalue weighted by Gasteiger charge is -2.18. The van der Waals surface area contributed by atoms with E-state index in [0.29, 0.717) is 26.3 Å². The molecule has 0 aliphatic heterocycles. The third-order valence-corrected chi connectivity index (χ3v) is 2.60. The predicted octanol–water partition coefficient (Wildman–Crippen LogP) is 0.329. The molecule has 0 unspecified atom stereocenters. The van der Waals surface area contributed by atoms with Crippen molar-refractivity contribution in [1.29, 1.82) is 0 Å². The van der Waals surface area contributed by atoms with Gasteiger partial charge in [0, 0.05) is 13.8 Å². The molecular formula is C14H20NO4+. The van der Waals surface area contributed by atoms with Crippen molar-refractivity contribution < 1.29 is 24.0 Å². The van der Waals surface area contributed by atoms with Crippen molar-refractivity contribution in [3.8, 4) is 0 Å². The van der Waals surface area contributed by atoms with Gasteiger partial charge in [0.15, 0.2) is 0 Å². The molecule has 1 aromatic rings. The number of hydrogen-bond donors (Lipinski definition) is 1. The molecule has 0 atom stereocenters. The summed E-state index contributed by atoms with van der Waals surface area (Å²) in [6, 6.07) is 9.84. The predicted molar refractivity (Wildman–Crippen MR) is 70.1 cm³/mol. The average molecular weight is 266 g/mol. The molecule has 0 bridgehead atoms. The second-order valence-electron chi connectivity index (χ2n) is 4.15. The summed E-state index contributed by atoms with van der Waals surface area (Å²) in [6.07, 6.45) is 0. The summed E-state index contributed by atoms with van der Waals surface area (Å²) >= 11 is 0. The SMILES string of the molecule is CC(=O)OCC[NH+](CCOC(C)=O)c1ccccc1. The van der Waals surface area contributed by atoms with Crippen molar-refractivity contribution in [1.82, 2.24) is 0 Å². The molecule has 0 amide bonds. The molecular weight excluding hydrogens is 246 g/mol. The highest BCUT2D eigenvalue weighted by atomic mass is 16.5. The van der Waals surface area contributed by atoms with Crippen LogP contribution in [0.3, 0.4) is 0 Å². The average Bonchev–Trinajstić information content (AvgIpc) is 2.37. The minimum Gasteiger partial charge on any atom is -0.460 e. The van der Waals surface area contributed by atoms with E-state index >= 15 is 0 Å². The third kappa shape index (κ3) is 6.57. The van der Waals surface area contributed by atoms with Crippen LogP contribution in [0.4, 0.5) is 5.69 Å². The zero-order chi connectivity index (χ0) is 14.1. The van der Waals surface area contributed by atoms with E-state index in [2.05, 4.69) is 0 Å². The lowest BCUT2D eigenvalue weighted by Crippen LogP contribution is -3.08. The summed E-state index contributed by atoms with van der Waals surface area (Å²) in [4.78, 5) is 22.6. The molecule has 0 saturated heterocycles. The highest BCUT2D eigenvalue weighted by molar-refractivity contribution is 5.66. The summed E-state index contributed by atoms with van der Waals surface area (Å²) in [5.41, 5.74) is 1.09. The van der Waals surface area contributed by atoms with Crippen molar-refractivity contribution in [2.75, 3.05) is 26.3 Å². The summed E-state index contributed by atoms with van der Waals surface area (Å²) in [6.45, 7) is 4.76. The number of nitrogens with one attached hydrogen (secondary N) is 1. The van der Waals surface area contributed by atoms with Crippen LogP contribution in [0.25, 0.3) is 0 Å². The first kappa shape index (κ1) is 15.2. The van der Waals surface area contributed by atoms with Crippen LogP contribution in [0, 0.1) is 0 Å². The Morgan fingerprint density at radius 3 is 1.84 bits per heavy atom. The minimum absolute atomic E-state index is 0.285. The Morgan fingerprint density at radius 2 is 1.42 bits per heavy atom. The quantitative estimate of drug-likeness (QED) is 0.723. The van der Waals surface area contributed by atoms with Crippen molar-refractivity contribution in [3.05, 3.63) is 30.3 Å². The van der Waals surface area contributed by atoms with Crippen LogP contribution in [0.5, 0.6) is 0 Å². The number of ether oxygens (including phenoxy) is 2. The monoisotopic (exact) mass is 266 g/mol. The van der Waals surface area contributed by atoms with Crippen molar-refractivity contribution in [2.45, 2.75) is 13.8 Å². The Morgan fingerprint density at radius 1 is 0.947 bits per heavy atom. The standard InChI is InChI=1S/C14H19NO4/c1-12(16)18-10-8-15(9-11-19-13(2)17)14-6-4-3-5-7-14/h3-7H,8-11H2,1-2H3/p+1. The highest BCUT2D eigenvalue weighted by Gasteiger charge is 2.12. The fourth-order valence-corrected chi connectivity index (χ4v) is 1.72. The van der Waals surface area contributed by atoms with Gasteiger partial charge in [-0.05, 0) is 12.1 Å². The Bertz CT molecular complexity index is 385. The Balaban J connectivity index is 2.52. The maximum atomic E-state index is 10.8. The molecule has 19 heavy (non-hydrogen) atoms. The Kier molecular flexibility index (Phi) is 6.60. The van der Waals surface area contributed by atoms with Gasteiger partial charge >= 0.3 is 11.9 Å². The van der Waals surface area contributed by atoms with E-state index in [0.717, 1.165) is 10.6 Å². The van der Waals surface area contributed by atoms with E-state index < -0.39 is 0 Å². The van der Waals surface area contributed by atoms with E-state index in [1.807, 2.05) is 30.3 Å².